The van der Waals surface area contributed by atoms with Gasteiger partial charge in [0.25, 0.3) is 0 Å². The number of benzene rings is 1. The fourth-order valence-electron chi connectivity index (χ4n) is 5.10. The van der Waals surface area contributed by atoms with Crippen molar-refractivity contribution < 1.29 is 13.2 Å². The van der Waals surface area contributed by atoms with E-state index in [4.69, 9.17) is 0 Å². The van der Waals surface area contributed by atoms with Crippen LogP contribution in [0.25, 0.3) is 0 Å². The third-order valence-electron chi connectivity index (χ3n) is 6.59. The van der Waals surface area contributed by atoms with E-state index in [9.17, 15) is 13.2 Å². The maximum absolute atomic E-state index is 13.5. The van der Waals surface area contributed by atoms with Gasteiger partial charge >= 0.3 is 0 Å². The first-order valence-electron chi connectivity index (χ1n) is 10.5. The third-order valence-corrected chi connectivity index (χ3v) is 8.74. The molecular formula is C23H29N3O3S. The van der Waals surface area contributed by atoms with Crippen LogP contribution in [0.15, 0.2) is 62.4 Å². The van der Waals surface area contributed by atoms with Crippen LogP contribution in [-0.4, -0.2) is 25.6 Å². The van der Waals surface area contributed by atoms with Crippen LogP contribution in [-0.2, 0) is 20.0 Å². The molecule has 0 amide bonds. The largest absolute Gasteiger partial charge is 0.362 e. The van der Waals surface area contributed by atoms with Crippen molar-refractivity contribution in [2.75, 3.05) is 0 Å². The van der Waals surface area contributed by atoms with Gasteiger partial charge in [-0.3, -0.25) is 4.79 Å². The van der Waals surface area contributed by atoms with Crippen LogP contribution < -0.4 is 5.32 Å². The summed E-state index contributed by atoms with van der Waals surface area (Å²) < 4.78 is 25.8. The van der Waals surface area contributed by atoms with Crippen LogP contribution in [0.5, 0.6) is 0 Å². The van der Waals surface area contributed by atoms with Gasteiger partial charge in [0.15, 0.2) is 21.8 Å². The van der Waals surface area contributed by atoms with Crippen molar-refractivity contribution in [3.05, 3.63) is 52.9 Å². The summed E-state index contributed by atoms with van der Waals surface area (Å²) in [6.45, 7) is 9.61. The number of carbonyl (C=O) groups is 1. The predicted octanol–water partition coefficient (Wildman–Crippen LogP) is 4.44. The number of hydrogen-bond acceptors (Lipinski definition) is 6. The van der Waals surface area contributed by atoms with Crippen molar-refractivity contribution >= 4 is 15.6 Å². The predicted molar refractivity (Wildman–Crippen MR) is 116 cm³/mol. The lowest BCUT2D eigenvalue weighted by atomic mass is 9.59. The van der Waals surface area contributed by atoms with Gasteiger partial charge in [-0.25, -0.2) is 8.42 Å². The summed E-state index contributed by atoms with van der Waals surface area (Å²) in [5.41, 5.74) is 2.53. The fraction of sp³-hybridized carbons (Fsp3) is 0.522. The molecule has 0 saturated heterocycles. The molecule has 0 saturated carbocycles. The van der Waals surface area contributed by atoms with E-state index in [1.807, 2.05) is 13.0 Å². The monoisotopic (exact) mass is 427 g/mol. The molecule has 6 nitrogen and oxygen atoms in total. The molecule has 7 heteroatoms. The second-order valence-electron chi connectivity index (χ2n) is 9.54. The normalized spacial score (nSPS) is 27.6. The Kier molecular flexibility index (Phi) is 4.80. The molecule has 160 valence electrons. The van der Waals surface area contributed by atoms with Gasteiger partial charge in [0.1, 0.15) is 0 Å². The van der Waals surface area contributed by atoms with Gasteiger partial charge < -0.3 is 5.32 Å². The molecule has 1 N–H and O–H groups in total. The highest BCUT2D eigenvalue weighted by atomic mass is 32.2. The molecule has 3 aliphatic rings. The molecule has 0 aromatic heterocycles. The van der Waals surface area contributed by atoms with E-state index in [1.54, 1.807) is 38.2 Å². The highest BCUT2D eigenvalue weighted by Crippen LogP contribution is 2.53. The average Bonchev–Trinajstić information content (AvgIpc) is 3.14. The molecule has 2 aliphatic heterocycles. The first kappa shape index (κ1) is 21.0. The number of sulfone groups is 1. The number of allylic oxidation sites excluding steroid dienone is 2. The molecule has 4 rings (SSSR count). The summed E-state index contributed by atoms with van der Waals surface area (Å²) in [7, 11) is -3.44. The van der Waals surface area contributed by atoms with Gasteiger partial charge in [-0.2, -0.15) is 10.2 Å². The van der Waals surface area contributed by atoms with Gasteiger partial charge in [0, 0.05) is 23.3 Å². The van der Waals surface area contributed by atoms with E-state index >= 15 is 0 Å². The van der Waals surface area contributed by atoms with Crippen molar-refractivity contribution in [1.82, 2.24) is 5.32 Å². The number of nitrogens with zero attached hydrogens (tertiary/aromatic N) is 2. The van der Waals surface area contributed by atoms with Crippen LogP contribution >= 0.6 is 0 Å². The highest BCUT2D eigenvalue weighted by Gasteiger charge is 2.53. The lowest BCUT2D eigenvalue weighted by Gasteiger charge is -2.47. The maximum Gasteiger partial charge on any atom is 0.180 e. The average molecular weight is 428 g/mol. The molecule has 1 aliphatic carbocycles. The molecule has 1 aromatic carbocycles. The van der Waals surface area contributed by atoms with E-state index in [0.717, 1.165) is 28.8 Å². The van der Waals surface area contributed by atoms with Crippen molar-refractivity contribution in [2.45, 2.75) is 75.6 Å². The van der Waals surface area contributed by atoms with Gasteiger partial charge in [0.2, 0.25) is 0 Å². The zero-order valence-electron chi connectivity index (χ0n) is 18.2. The number of hydrogen-bond donors (Lipinski definition) is 1. The molecule has 0 spiro atoms. The number of nitrogens with one attached hydrogen (secondary N) is 1. The van der Waals surface area contributed by atoms with Crippen LogP contribution in [0.1, 0.15) is 59.4 Å². The summed E-state index contributed by atoms with van der Waals surface area (Å²) in [5.74, 6) is 0.110. The number of carbonyl (C=O) groups excluding carboxylic acids is 1. The minimum atomic E-state index is -3.44. The number of rotatable bonds is 4. The number of fused-ring (bicyclic) bond motifs is 1. The molecule has 30 heavy (non-hydrogen) atoms. The van der Waals surface area contributed by atoms with Gasteiger partial charge in [-0.15, -0.1) is 0 Å². The smallest absolute Gasteiger partial charge is 0.180 e. The van der Waals surface area contributed by atoms with Gasteiger partial charge in [0.05, 0.1) is 21.8 Å². The Labute approximate surface area is 178 Å². The molecule has 0 bridgehead atoms. The van der Waals surface area contributed by atoms with Crippen molar-refractivity contribution in [1.29, 1.82) is 0 Å². The first-order chi connectivity index (χ1) is 14.0. The summed E-state index contributed by atoms with van der Waals surface area (Å²) in [4.78, 5) is 13.8. The molecule has 1 aromatic rings. The summed E-state index contributed by atoms with van der Waals surface area (Å²) in [6.07, 6.45) is 3.25. The van der Waals surface area contributed by atoms with Crippen LogP contribution in [0.3, 0.4) is 0 Å². The maximum atomic E-state index is 13.5. The van der Waals surface area contributed by atoms with E-state index in [1.165, 1.54) is 0 Å². The quantitative estimate of drug-likeness (QED) is 0.769. The minimum absolute atomic E-state index is 0.110. The van der Waals surface area contributed by atoms with Crippen LogP contribution in [0.2, 0.25) is 0 Å². The van der Waals surface area contributed by atoms with Crippen LogP contribution in [0.4, 0.5) is 0 Å². The number of azo groups is 1. The summed E-state index contributed by atoms with van der Waals surface area (Å²) >= 11 is 0. The molecule has 1 unspecified atom stereocenters. The van der Waals surface area contributed by atoms with Crippen molar-refractivity contribution in [3.63, 3.8) is 0 Å². The molecule has 0 radical (unpaired) electrons. The Balaban J connectivity index is 1.99. The lowest BCUT2D eigenvalue weighted by Crippen LogP contribution is -2.51. The number of ketones is 1. The Bertz CT molecular complexity index is 1110. The first-order valence-corrected chi connectivity index (χ1v) is 12.1. The summed E-state index contributed by atoms with van der Waals surface area (Å²) in [6, 6.07) is 7.10. The molecule has 0 fully saturated rings. The second-order valence-corrected chi connectivity index (χ2v) is 12.0. The SMILES string of the molecule is CC[C@@]1(c2cccc(S(=O)(=O)C(C)C)c2)C2=CN=NC2NC2=C1C(=O)CC(C)(C)C2. The molecule has 2 atom stereocenters. The third kappa shape index (κ3) is 2.97. The van der Waals surface area contributed by atoms with E-state index in [-0.39, 0.29) is 22.3 Å². The topological polar surface area (TPSA) is 88.0 Å². The van der Waals surface area contributed by atoms with E-state index < -0.39 is 20.5 Å². The fourth-order valence-corrected chi connectivity index (χ4v) is 6.20. The zero-order valence-corrected chi connectivity index (χ0v) is 19.0. The standard InChI is InChI=1S/C23H29N3O3S/c1-6-23(15-8-7-9-16(10-15)30(28,29)14(2)3)17-13-24-26-21(17)25-18-11-22(4,5)12-19(27)20(18)23/h7-10,13-14,21,25H,6,11-12H2,1-5H3/t21?,23-/m1/s1. The Morgan fingerprint density at radius 3 is 2.63 bits per heavy atom. The second kappa shape index (κ2) is 6.87. The minimum Gasteiger partial charge on any atom is -0.362 e. The zero-order chi connectivity index (χ0) is 21.9. The molecule has 2 heterocycles. The van der Waals surface area contributed by atoms with E-state index in [2.05, 4.69) is 29.4 Å². The van der Waals surface area contributed by atoms with Gasteiger partial charge in [-0.05, 0) is 49.8 Å². The molecular weight excluding hydrogens is 398 g/mol. The number of Topliss-reactive ketones (excluding diaryl/α,β-unsaturated/α-hetero) is 1. The Morgan fingerprint density at radius 1 is 1.23 bits per heavy atom. The highest BCUT2D eigenvalue weighted by molar-refractivity contribution is 7.92. The Morgan fingerprint density at radius 2 is 1.97 bits per heavy atom. The van der Waals surface area contributed by atoms with Gasteiger partial charge in [-0.1, -0.05) is 32.9 Å². The Hall–Kier alpha value is -2.28. The van der Waals surface area contributed by atoms with Crippen molar-refractivity contribution in [2.24, 2.45) is 15.6 Å². The van der Waals surface area contributed by atoms with E-state index in [0.29, 0.717) is 12.8 Å². The van der Waals surface area contributed by atoms with Crippen LogP contribution in [0, 0.1) is 5.41 Å². The summed E-state index contributed by atoms with van der Waals surface area (Å²) in [5, 5.41) is 11.4. The lowest BCUT2D eigenvalue weighted by molar-refractivity contribution is -0.119. The van der Waals surface area contributed by atoms with Crippen molar-refractivity contribution in [3.8, 4) is 0 Å².